The van der Waals surface area contributed by atoms with Crippen molar-refractivity contribution in [3.63, 3.8) is 0 Å². The SMILES string of the molecule is Brc1ccc(CN2CCCC2c2ccccc2C2CC2)o1. The van der Waals surface area contributed by atoms with Crippen molar-refractivity contribution in [2.45, 2.75) is 44.2 Å². The molecule has 1 aliphatic carbocycles. The van der Waals surface area contributed by atoms with Crippen molar-refractivity contribution in [2.75, 3.05) is 6.54 Å². The van der Waals surface area contributed by atoms with Gasteiger partial charge in [-0.2, -0.15) is 0 Å². The number of furan rings is 1. The van der Waals surface area contributed by atoms with Gasteiger partial charge in [0.15, 0.2) is 4.67 Å². The van der Waals surface area contributed by atoms with Gasteiger partial charge in [-0.3, -0.25) is 4.90 Å². The van der Waals surface area contributed by atoms with Crippen LogP contribution in [0.3, 0.4) is 0 Å². The van der Waals surface area contributed by atoms with Gasteiger partial charge < -0.3 is 4.42 Å². The van der Waals surface area contributed by atoms with Crippen LogP contribution in [0.25, 0.3) is 0 Å². The Kier molecular flexibility index (Phi) is 3.64. The number of hydrogen-bond acceptors (Lipinski definition) is 2. The van der Waals surface area contributed by atoms with E-state index in [9.17, 15) is 0 Å². The van der Waals surface area contributed by atoms with Gasteiger partial charge in [0, 0.05) is 6.04 Å². The molecule has 2 nitrogen and oxygen atoms in total. The highest BCUT2D eigenvalue weighted by molar-refractivity contribution is 9.10. The monoisotopic (exact) mass is 345 g/mol. The minimum atomic E-state index is 0.561. The van der Waals surface area contributed by atoms with Crippen LogP contribution in [0.2, 0.25) is 0 Å². The highest BCUT2D eigenvalue weighted by Gasteiger charge is 2.32. The van der Waals surface area contributed by atoms with E-state index in [4.69, 9.17) is 4.42 Å². The Balaban J connectivity index is 1.58. The summed E-state index contributed by atoms with van der Waals surface area (Å²) in [7, 11) is 0. The maximum Gasteiger partial charge on any atom is 0.169 e. The molecule has 2 heterocycles. The van der Waals surface area contributed by atoms with E-state index in [2.05, 4.69) is 51.2 Å². The number of rotatable bonds is 4. The zero-order chi connectivity index (χ0) is 14.2. The Morgan fingerprint density at radius 1 is 1.05 bits per heavy atom. The first-order valence-electron chi connectivity index (χ1n) is 7.88. The van der Waals surface area contributed by atoms with E-state index in [1.165, 1.54) is 32.2 Å². The van der Waals surface area contributed by atoms with Gasteiger partial charge in [-0.1, -0.05) is 24.3 Å². The standard InChI is InChI=1S/C18H20BrNO/c19-18-10-9-14(21-18)12-20-11-3-6-17(20)16-5-2-1-4-15(16)13-7-8-13/h1-2,4-5,9-10,13,17H,3,6-8,11-12H2. The Morgan fingerprint density at radius 3 is 2.57 bits per heavy atom. The van der Waals surface area contributed by atoms with Crippen molar-refractivity contribution in [3.05, 3.63) is 58.0 Å². The summed E-state index contributed by atoms with van der Waals surface area (Å²) < 4.78 is 6.52. The molecule has 1 aromatic carbocycles. The summed E-state index contributed by atoms with van der Waals surface area (Å²) in [5.41, 5.74) is 3.15. The second kappa shape index (κ2) is 5.62. The molecule has 0 spiro atoms. The molecule has 0 radical (unpaired) electrons. The maximum absolute atomic E-state index is 5.69. The fourth-order valence-corrected chi connectivity index (χ4v) is 3.93. The average molecular weight is 346 g/mol. The molecule has 0 amide bonds. The molecule has 110 valence electrons. The van der Waals surface area contributed by atoms with E-state index in [0.717, 1.165) is 22.9 Å². The molecule has 1 aliphatic heterocycles. The van der Waals surface area contributed by atoms with Crippen LogP contribution < -0.4 is 0 Å². The molecule has 2 aliphatic rings. The average Bonchev–Trinajstić information content (AvgIpc) is 3.12. The summed E-state index contributed by atoms with van der Waals surface area (Å²) in [4.78, 5) is 2.58. The van der Waals surface area contributed by atoms with Crippen molar-refractivity contribution in [1.29, 1.82) is 0 Å². The fraction of sp³-hybridized carbons (Fsp3) is 0.444. The Bertz CT molecular complexity index is 632. The summed E-state index contributed by atoms with van der Waals surface area (Å²) in [5, 5.41) is 0. The van der Waals surface area contributed by atoms with E-state index in [-0.39, 0.29) is 0 Å². The Hall–Kier alpha value is -1.06. The predicted octanol–water partition coefficient (Wildman–Crippen LogP) is 5.26. The number of likely N-dealkylation sites (tertiary alicyclic amines) is 1. The van der Waals surface area contributed by atoms with Gasteiger partial charge in [0.2, 0.25) is 0 Å². The molecule has 4 rings (SSSR count). The smallest absolute Gasteiger partial charge is 0.169 e. The Morgan fingerprint density at radius 2 is 1.86 bits per heavy atom. The summed E-state index contributed by atoms with van der Waals surface area (Å²) in [6.07, 6.45) is 5.29. The summed E-state index contributed by atoms with van der Waals surface area (Å²) >= 11 is 3.40. The minimum absolute atomic E-state index is 0.561. The first-order valence-corrected chi connectivity index (χ1v) is 8.67. The van der Waals surface area contributed by atoms with Gasteiger partial charge in [-0.05, 0) is 77.3 Å². The summed E-state index contributed by atoms with van der Waals surface area (Å²) in [6, 6.07) is 13.7. The Labute approximate surface area is 134 Å². The largest absolute Gasteiger partial charge is 0.453 e. The molecule has 1 aromatic heterocycles. The second-order valence-electron chi connectivity index (χ2n) is 6.24. The summed E-state index contributed by atoms with van der Waals surface area (Å²) in [5.74, 6) is 1.87. The van der Waals surface area contributed by atoms with Crippen LogP contribution in [0.5, 0.6) is 0 Å². The van der Waals surface area contributed by atoms with Gasteiger partial charge in [0.05, 0.1) is 6.54 Å². The molecule has 1 saturated heterocycles. The van der Waals surface area contributed by atoms with Crippen LogP contribution in [0.15, 0.2) is 45.5 Å². The molecule has 1 saturated carbocycles. The van der Waals surface area contributed by atoms with E-state index in [1.54, 1.807) is 11.1 Å². The van der Waals surface area contributed by atoms with Crippen molar-refractivity contribution in [2.24, 2.45) is 0 Å². The third-order valence-electron chi connectivity index (χ3n) is 4.72. The van der Waals surface area contributed by atoms with E-state index in [1.807, 2.05) is 6.07 Å². The molecular formula is C18H20BrNO. The van der Waals surface area contributed by atoms with Gasteiger partial charge in [-0.15, -0.1) is 0 Å². The normalized spacial score (nSPS) is 22.8. The number of benzene rings is 1. The highest BCUT2D eigenvalue weighted by atomic mass is 79.9. The quantitative estimate of drug-likeness (QED) is 0.751. The zero-order valence-electron chi connectivity index (χ0n) is 12.1. The van der Waals surface area contributed by atoms with Crippen molar-refractivity contribution >= 4 is 15.9 Å². The first kappa shape index (κ1) is 13.6. The van der Waals surface area contributed by atoms with E-state index >= 15 is 0 Å². The van der Waals surface area contributed by atoms with Crippen LogP contribution in [0.1, 0.15) is 54.5 Å². The molecule has 2 aromatic rings. The van der Waals surface area contributed by atoms with E-state index in [0.29, 0.717) is 6.04 Å². The van der Waals surface area contributed by atoms with E-state index < -0.39 is 0 Å². The third kappa shape index (κ3) is 2.82. The lowest BCUT2D eigenvalue weighted by Gasteiger charge is -2.26. The highest BCUT2D eigenvalue weighted by Crippen LogP contribution is 2.45. The molecule has 2 fully saturated rings. The van der Waals surface area contributed by atoms with Crippen LogP contribution in [-0.4, -0.2) is 11.4 Å². The molecule has 1 unspecified atom stereocenters. The zero-order valence-corrected chi connectivity index (χ0v) is 13.7. The van der Waals surface area contributed by atoms with Crippen LogP contribution in [0, 0.1) is 0 Å². The van der Waals surface area contributed by atoms with Crippen molar-refractivity contribution < 1.29 is 4.42 Å². The number of hydrogen-bond donors (Lipinski definition) is 0. The van der Waals surface area contributed by atoms with Gasteiger partial charge in [0.1, 0.15) is 5.76 Å². The number of nitrogens with zero attached hydrogens (tertiary/aromatic N) is 1. The van der Waals surface area contributed by atoms with Gasteiger partial charge >= 0.3 is 0 Å². The first-order chi connectivity index (χ1) is 10.3. The topological polar surface area (TPSA) is 16.4 Å². The minimum Gasteiger partial charge on any atom is -0.453 e. The fourth-order valence-electron chi connectivity index (χ4n) is 3.58. The molecule has 21 heavy (non-hydrogen) atoms. The van der Waals surface area contributed by atoms with Crippen LogP contribution in [0.4, 0.5) is 0 Å². The molecule has 1 atom stereocenters. The molecule has 0 N–H and O–H groups in total. The maximum atomic E-state index is 5.69. The van der Waals surface area contributed by atoms with Gasteiger partial charge in [0.25, 0.3) is 0 Å². The third-order valence-corrected chi connectivity index (χ3v) is 5.15. The van der Waals surface area contributed by atoms with Crippen LogP contribution in [-0.2, 0) is 6.54 Å². The lowest BCUT2D eigenvalue weighted by molar-refractivity contribution is 0.226. The van der Waals surface area contributed by atoms with Crippen molar-refractivity contribution in [3.8, 4) is 0 Å². The lowest BCUT2D eigenvalue weighted by Crippen LogP contribution is -2.23. The van der Waals surface area contributed by atoms with Crippen LogP contribution >= 0.6 is 15.9 Å². The molecular weight excluding hydrogens is 326 g/mol. The lowest BCUT2D eigenvalue weighted by atomic mass is 9.95. The molecule has 3 heteroatoms. The van der Waals surface area contributed by atoms with Gasteiger partial charge in [-0.25, -0.2) is 0 Å². The molecule has 0 bridgehead atoms. The number of halogens is 1. The predicted molar refractivity (Wildman–Crippen MR) is 87.2 cm³/mol. The second-order valence-corrected chi connectivity index (χ2v) is 7.02. The van der Waals surface area contributed by atoms with Crippen molar-refractivity contribution in [1.82, 2.24) is 4.90 Å². The summed E-state index contributed by atoms with van der Waals surface area (Å²) in [6.45, 7) is 2.08.